The fraction of sp³-hybridized carbons (Fsp3) is 0.714. The third kappa shape index (κ3) is 6.50. The van der Waals surface area contributed by atoms with Crippen molar-refractivity contribution < 1.29 is 14.7 Å². The van der Waals surface area contributed by atoms with Gasteiger partial charge in [0, 0.05) is 13.1 Å². The van der Waals surface area contributed by atoms with Gasteiger partial charge in [-0.1, -0.05) is 0 Å². The van der Waals surface area contributed by atoms with Crippen molar-refractivity contribution in [1.29, 1.82) is 10.5 Å². The third-order valence-electron chi connectivity index (χ3n) is 3.46. The van der Waals surface area contributed by atoms with Gasteiger partial charge in [0.05, 0.1) is 37.2 Å². The van der Waals surface area contributed by atoms with Gasteiger partial charge in [-0.05, 0) is 24.0 Å². The van der Waals surface area contributed by atoms with Gasteiger partial charge in [-0.25, -0.2) is 0 Å². The number of carboxylic acid groups (broad SMARTS) is 1. The molecule has 0 aromatic carbocycles. The molecule has 1 aliphatic rings. The second-order valence-electron chi connectivity index (χ2n) is 5.26. The van der Waals surface area contributed by atoms with Crippen LogP contribution in [0.15, 0.2) is 0 Å². The molecule has 1 rings (SSSR count). The largest absolute Gasteiger partial charge is 0.481 e. The number of nitrogens with zero attached hydrogens (tertiary/aromatic N) is 3. The minimum Gasteiger partial charge on any atom is -0.481 e. The number of amides is 1. The molecule has 1 aliphatic carbocycles. The normalized spacial score (nSPS) is 14.8. The number of hydrogen-bond acceptors (Lipinski definition) is 5. The van der Waals surface area contributed by atoms with E-state index in [1.165, 1.54) is 16.7 Å². The Morgan fingerprint density at radius 2 is 1.76 bits per heavy atom. The summed E-state index contributed by atoms with van der Waals surface area (Å²) in [6, 6.07) is 3.99. The van der Waals surface area contributed by atoms with Gasteiger partial charge in [-0.2, -0.15) is 22.3 Å². The van der Waals surface area contributed by atoms with Crippen LogP contribution in [0.25, 0.3) is 0 Å². The minimum absolute atomic E-state index is 0.0865. The Labute approximate surface area is 128 Å². The number of hydrogen-bond donors (Lipinski definition) is 1. The standard InChI is InChI=1S/C14H19N3O3S/c15-5-1-7-17(8-2-6-16)12(18)10-21-11-14(3-4-14)9-13(19)20/h1-4,7-11H2,(H,19,20). The molecule has 1 fully saturated rings. The van der Waals surface area contributed by atoms with Gasteiger partial charge in [0.1, 0.15) is 0 Å². The van der Waals surface area contributed by atoms with E-state index >= 15 is 0 Å². The van der Waals surface area contributed by atoms with Gasteiger partial charge in [0.15, 0.2) is 0 Å². The number of rotatable bonds is 10. The molecule has 0 radical (unpaired) electrons. The highest BCUT2D eigenvalue weighted by Crippen LogP contribution is 2.50. The molecule has 0 aromatic rings. The Balaban J connectivity index is 2.34. The quantitative estimate of drug-likeness (QED) is 0.657. The lowest BCUT2D eigenvalue weighted by molar-refractivity contribution is -0.138. The Morgan fingerprint density at radius 3 is 2.19 bits per heavy atom. The van der Waals surface area contributed by atoms with Crippen LogP contribution < -0.4 is 0 Å². The zero-order chi connectivity index (χ0) is 15.7. The van der Waals surface area contributed by atoms with E-state index in [9.17, 15) is 9.59 Å². The number of carboxylic acids is 1. The number of nitriles is 2. The number of thioether (sulfide) groups is 1. The maximum Gasteiger partial charge on any atom is 0.303 e. The number of aliphatic carboxylic acids is 1. The summed E-state index contributed by atoms with van der Waals surface area (Å²) in [5, 5.41) is 26.0. The lowest BCUT2D eigenvalue weighted by Crippen LogP contribution is -2.34. The molecule has 1 N–H and O–H groups in total. The van der Waals surface area contributed by atoms with Gasteiger partial charge in [0.25, 0.3) is 0 Å². The van der Waals surface area contributed by atoms with Crippen LogP contribution in [0.4, 0.5) is 0 Å². The van der Waals surface area contributed by atoms with Crippen molar-refractivity contribution in [3.63, 3.8) is 0 Å². The average Bonchev–Trinajstić information content (AvgIpc) is 3.17. The molecule has 114 valence electrons. The lowest BCUT2D eigenvalue weighted by Gasteiger charge is -2.20. The van der Waals surface area contributed by atoms with Crippen LogP contribution in [0, 0.1) is 28.1 Å². The lowest BCUT2D eigenvalue weighted by atomic mass is 10.1. The minimum atomic E-state index is -0.788. The van der Waals surface area contributed by atoms with Crippen molar-refractivity contribution in [1.82, 2.24) is 4.90 Å². The second kappa shape index (κ2) is 8.53. The number of carbonyl (C=O) groups is 2. The molecule has 0 unspecified atom stereocenters. The van der Waals surface area contributed by atoms with Gasteiger partial charge >= 0.3 is 5.97 Å². The van der Waals surface area contributed by atoms with Crippen LogP contribution in [-0.4, -0.2) is 46.5 Å². The second-order valence-corrected chi connectivity index (χ2v) is 6.25. The van der Waals surface area contributed by atoms with E-state index in [-0.39, 0.29) is 36.3 Å². The van der Waals surface area contributed by atoms with Crippen molar-refractivity contribution in [2.45, 2.75) is 32.1 Å². The maximum atomic E-state index is 12.1. The van der Waals surface area contributed by atoms with E-state index in [0.717, 1.165) is 12.8 Å². The molecule has 0 atom stereocenters. The molecule has 0 aliphatic heterocycles. The van der Waals surface area contributed by atoms with Crippen molar-refractivity contribution in [2.75, 3.05) is 24.6 Å². The van der Waals surface area contributed by atoms with Crippen LogP contribution in [0.3, 0.4) is 0 Å². The summed E-state index contributed by atoms with van der Waals surface area (Å²) in [4.78, 5) is 24.3. The highest BCUT2D eigenvalue weighted by atomic mass is 32.2. The monoisotopic (exact) mass is 309 g/mol. The summed E-state index contributed by atoms with van der Waals surface area (Å²) < 4.78 is 0. The van der Waals surface area contributed by atoms with Crippen LogP contribution in [0.2, 0.25) is 0 Å². The van der Waals surface area contributed by atoms with Crippen LogP contribution in [0.1, 0.15) is 32.1 Å². The smallest absolute Gasteiger partial charge is 0.303 e. The van der Waals surface area contributed by atoms with Crippen molar-refractivity contribution in [3.05, 3.63) is 0 Å². The van der Waals surface area contributed by atoms with Gasteiger partial charge in [-0.3, -0.25) is 9.59 Å². The molecule has 0 saturated heterocycles. The summed E-state index contributed by atoms with van der Waals surface area (Å²) >= 11 is 1.45. The van der Waals surface area contributed by atoms with E-state index in [0.29, 0.717) is 18.8 Å². The first-order valence-corrected chi connectivity index (χ1v) is 8.00. The van der Waals surface area contributed by atoms with Gasteiger partial charge < -0.3 is 10.0 Å². The van der Waals surface area contributed by atoms with Crippen molar-refractivity contribution in [3.8, 4) is 12.1 Å². The molecule has 21 heavy (non-hydrogen) atoms. The topological polar surface area (TPSA) is 105 Å². The zero-order valence-electron chi connectivity index (χ0n) is 11.9. The first kappa shape index (κ1) is 17.3. The number of carbonyl (C=O) groups excluding carboxylic acids is 1. The van der Waals surface area contributed by atoms with E-state index in [4.69, 9.17) is 15.6 Å². The average molecular weight is 309 g/mol. The molecule has 7 heteroatoms. The summed E-state index contributed by atoms with van der Waals surface area (Å²) in [5.41, 5.74) is -0.124. The summed E-state index contributed by atoms with van der Waals surface area (Å²) in [6.07, 6.45) is 2.50. The molecular formula is C14H19N3O3S. The predicted octanol–water partition coefficient (Wildman–Crippen LogP) is 1.63. The third-order valence-corrected chi connectivity index (χ3v) is 4.72. The van der Waals surface area contributed by atoms with Crippen LogP contribution >= 0.6 is 11.8 Å². The molecule has 0 spiro atoms. The van der Waals surface area contributed by atoms with Gasteiger partial charge in [-0.15, -0.1) is 0 Å². The Hall–Kier alpha value is -1.73. The Kier molecular flexibility index (Phi) is 7.04. The SMILES string of the molecule is N#CCCN(CCC#N)C(=O)CSCC1(CC(=O)O)CC1. The first-order chi connectivity index (χ1) is 10.0. The maximum absolute atomic E-state index is 12.1. The highest BCUT2D eigenvalue weighted by molar-refractivity contribution is 7.99. The molecule has 1 amide bonds. The van der Waals surface area contributed by atoms with Crippen molar-refractivity contribution >= 4 is 23.6 Å². The molecule has 6 nitrogen and oxygen atoms in total. The van der Waals surface area contributed by atoms with E-state index in [1.807, 2.05) is 12.1 Å². The molecular weight excluding hydrogens is 290 g/mol. The first-order valence-electron chi connectivity index (χ1n) is 6.84. The molecule has 0 bridgehead atoms. The molecule has 0 aromatic heterocycles. The van der Waals surface area contributed by atoms with E-state index in [1.54, 1.807) is 0 Å². The molecule has 1 saturated carbocycles. The zero-order valence-corrected chi connectivity index (χ0v) is 12.7. The Morgan fingerprint density at radius 1 is 1.19 bits per heavy atom. The predicted molar refractivity (Wildman–Crippen MR) is 78.3 cm³/mol. The van der Waals surface area contributed by atoms with Crippen LogP contribution in [-0.2, 0) is 9.59 Å². The molecule has 0 heterocycles. The Bertz CT molecular complexity index is 445. The van der Waals surface area contributed by atoms with E-state index < -0.39 is 5.97 Å². The fourth-order valence-corrected chi connectivity index (χ4v) is 3.33. The summed E-state index contributed by atoms with van der Waals surface area (Å²) in [5.74, 6) is 0.0777. The summed E-state index contributed by atoms with van der Waals surface area (Å²) in [7, 11) is 0. The fourth-order valence-electron chi connectivity index (χ4n) is 2.05. The highest BCUT2D eigenvalue weighted by Gasteiger charge is 2.44. The van der Waals surface area contributed by atoms with E-state index in [2.05, 4.69) is 0 Å². The summed E-state index contributed by atoms with van der Waals surface area (Å²) in [6.45, 7) is 0.690. The van der Waals surface area contributed by atoms with Gasteiger partial charge in [0.2, 0.25) is 5.91 Å². The van der Waals surface area contributed by atoms with Crippen LogP contribution in [0.5, 0.6) is 0 Å². The van der Waals surface area contributed by atoms with Crippen molar-refractivity contribution in [2.24, 2.45) is 5.41 Å².